The number of nitriles is 1. The first-order valence-electron chi connectivity index (χ1n) is 6.19. The molecule has 0 aliphatic carbocycles. The van der Waals surface area contributed by atoms with Crippen molar-refractivity contribution in [3.05, 3.63) is 60.2 Å². The predicted octanol–water partition coefficient (Wildman–Crippen LogP) is 4.66. The maximum atomic E-state index is 13.4. The average Bonchev–Trinajstić information content (AvgIpc) is 2.86. The van der Waals surface area contributed by atoms with Gasteiger partial charge in [0.15, 0.2) is 0 Å². The lowest BCUT2D eigenvalue weighted by molar-refractivity contribution is -0.199. The van der Waals surface area contributed by atoms with Crippen LogP contribution in [0.15, 0.2) is 54.6 Å². The molecule has 0 radical (unpaired) electrons. The molecule has 0 aliphatic rings. The van der Waals surface area contributed by atoms with Gasteiger partial charge in [0.05, 0.1) is 22.8 Å². The molecule has 21 heavy (non-hydrogen) atoms. The fourth-order valence-corrected chi connectivity index (χ4v) is 2.36. The topological polar surface area (TPSA) is 28.7 Å². The quantitative estimate of drug-likeness (QED) is 0.639. The van der Waals surface area contributed by atoms with E-state index < -0.39 is 6.30 Å². The smallest absolute Gasteiger partial charge is 0.252 e. The summed E-state index contributed by atoms with van der Waals surface area (Å²) in [5.41, 5.74) is 1.01. The average molecular weight is 286 g/mol. The third-order valence-electron chi connectivity index (χ3n) is 3.27. The van der Waals surface area contributed by atoms with E-state index in [4.69, 9.17) is 5.26 Å². The Bertz CT molecular complexity index is 837. The Balaban J connectivity index is 2.28. The summed E-state index contributed by atoms with van der Waals surface area (Å²) in [5, 5.41) is 9.28. The molecule has 0 unspecified atom stereocenters. The van der Waals surface area contributed by atoms with E-state index in [1.165, 1.54) is 36.4 Å². The minimum Gasteiger partial charge on any atom is -0.252 e. The van der Waals surface area contributed by atoms with Crippen molar-refractivity contribution >= 4 is 10.9 Å². The highest BCUT2D eigenvalue weighted by atomic mass is 19.4. The van der Waals surface area contributed by atoms with Crippen LogP contribution in [0, 0.1) is 11.3 Å². The number of benzene rings is 2. The summed E-state index contributed by atoms with van der Waals surface area (Å²) in [6.45, 7) is 0. The second kappa shape index (κ2) is 4.67. The number of aromatic nitrogens is 1. The highest BCUT2D eigenvalue weighted by Gasteiger charge is 2.34. The highest BCUT2D eigenvalue weighted by Crippen LogP contribution is 2.36. The van der Waals surface area contributed by atoms with Crippen molar-refractivity contribution in [2.24, 2.45) is 0 Å². The summed E-state index contributed by atoms with van der Waals surface area (Å²) in [6, 6.07) is 15.9. The van der Waals surface area contributed by atoms with Gasteiger partial charge in [-0.25, -0.2) is 0 Å². The minimum absolute atomic E-state index is 0.0631. The van der Waals surface area contributed by atoms with Crippen LogP contribution in [0.5, 0.6) is 0 Å². The molecule has 0 atom stereocenters. The van der Waals surface area contributed by atoms with E-state index in [0.29, 0.717) is 21.1 Å². The molecule has 0 aliphatic heterocycles. The minimum atomic E-state index is -4.51. The van der Waals surface area contributed by atoms with Crippen LogP contribution in [0.3, 0.4) is 0 Å². The van der Waals surface area contributed by atoms with Crippen molar-refractivity contribution in [1.82, 2.24) is 4.57 Å². The zero-order valence-electron chi connectivity index (χ0n) is 10.7. The Morgan fingerprint density at radius 1 is 0.952 bits per heavy atom. The lowest BCUT2D eigenvalue weighted by Gasteiger charge is -2.14. The summed E-state index contributed by atoms with van der Waals surface area (Å²) in [7, 11) is 0. The number of rotatable bonds is 1. The normalized spacial score (nSPS) is 11.5. The van der Waals surface area contributed by atoms with Gasteiger partial charge in [0.1, 0.15) is 0 Å². The standard InChI is InChI=1S/C16H9F3N2/c17-16(18,19)21-14-4-2-1-3-13(14)9-15(21)12-7-5-11(10-20)6-8-12/h1-9H. The molecule has 0 saturated heterocycles. The van der Waals surface area contributed by atoms with E-state index in [1.807, 2.05) is 6.07 Å². The predicted molar refractivity (Wildman–Crippen MR) is 73.4 cm³/mol. The molecular weight excluding hydrogens is 277 g/mol. The van der Waals surface area contributed by atoms with Crippen LogP contribution >= 0.6 is 0 Å². The number of alkyl halides is 3. The van der Waals surface area contributed by atoms with Crippen molar-refractivity contribution in [2.45, 2.75) is 6.30 Å². The summed E-state index contributed by atoms with van der Waals surface area (Å²) >= 11 is 0. The third-order valence-corrected chi connectivity index (χ3v) is 3.27. The molecule has 0 saturated carbocycles. The number of nitrogens with zero attached hydrogens (tertiary/aromatic N) is 2. The molecule has 2 nitrogen and oxygen atoms in total. The van der Waals surface area contributed by atoms with Crippen molar-refractivity contribution in [2.75, 3.05) is 0 Å². The van der Waals surface area contributed by atoms with Crippen molar-refractivity contribution in [3.63, 3.8) is 0 Å². The van der Waals surface area contributed by atoms with E-state index >= 15 is 0 Å². The second-order valence-electron chi connectivity index (χ2n) is 4.58. The first-order valence-corrected chi connectivity index (χ1v) is 6.19. The molecule has 2 aromatic carbocycles. The summed E-state index contributed by atoms with van der Waals surface area (Å²) < 4.78 is 40.4. The van der Waals surface area contributed by atoms with Crippen LogP contribution in [0.2, 0.25) is 0 Å². The summed E-state index contributed by atoms with van der Waals surface area (Å²) in [4.78, 5) is 0. The lowest BCUT2D eigenvalue weighted by atomic mass is 10.1. The number of halogens is 3. The Morgan fingerprint density at radius 3 is 2.24 bits per heavy atom. The Morgan fingerprint density at radius 2 is 1.62 bits per heavy atom. The fraction of sp³-hybridized carbons (Fsp3) is 0.0625. The molecule has 3 aromatic rings. The molecule has 0 amide bonds. The molecule has 5 heteroatoms. The van der Waals surface area contributed by atoms with Gasteiger partial charge < -0.3 is 0 Å². The largest absolute Gasteiger partial charge is 0.489 e. The Hall–Kier alpha value is -2.74. The maximum Gasteiger partial charge on any atom is 0.489 e. The van der Waals surface area contributed by atoms with Gasteiger partial charge in [-0.05, 0) is 29.8 Å². The van der Waals surface area contributed by atoms with Gasteiger partial charge >= 0.3 is 6.30 Å². The molecule has 3 rings (SSSR count). The van der Waals surface area contributed by atoms with Crippen LogP contribution < -0.4 is 0 Å². The summed E-state index contributed by atoms with van der Waals surface area (Å²) in [5.74, 6) is 0. The van der Waals surface area contributed by atoms with E-state index in [2.05, 4.69) is 0 Å². The van der Waals surface area contributed by atoms with Crippen LogP contribution in [-0.4, -0.2) is 4.57 Å². The molecular formula is C16H9F3N2. The zero-order valence-corrected chi connectivity index (χ0v) is 10.7. The van der Waals surface area contributed by atoms with Crippen LogP contribution in [0.4, 0.5) is 13.2 Å². The first kappa shape index (κ1) is 13.3. The van der Waals surface area contributed by atoms with E-state index in [9.17, 15) is 13.2 Å². The Kier molecular flexibility index (Phi) is 2.95. The number of para-hydroxylation sites is 1. The van der Waals surface area contributed by atoms with Gasteiger partial charge in [-0.1, -0.05) is 30.3 Å². The number of fused-ring (bicyclic) bond motifs is 1. The SMILES string of the molecule is N#Cc1ccc(-c2cc3ccccc3n2C(F)(F)F)cc1. The van der Waals surface area contributed by atoms with E-state index in [1.54, 1.807) is 18.2 Å². The van der Waals surface area contributed by atoms with Gasteiger partial charge in [-0.3, -0.25) is 4.57 Å². The first-order chi connectivity index (χ1) is 10.0. The third kappa shape index (κ3) is 2.25. The molecule has 0 bridgehead atoms. The van der Waals surface area contributed by atoms with Gasteiger partial charge in [0, 0.05) is 5.39 Å². The number of hydrogen-bond acceptors (Lipinski definition) is 1. The van der Waals surface area contributed by atoms with Crippen LogP contribution in [0.1, 0.15) is 5.56 Å². The van der Waals surface area contributed by atoms with Crippen LogP contribution in [0.25, 0.3) is 22.2 Å². The maximum absolute atomic E-state index is 13.4. The van der Waals surface area contributed by atoms with Gasteiger partial charge in [-0.15, -0.1) is 13.2 Å². The molecule has 0 fully saturated rings. The molecule has 104 valence electrons. The zero-order chi connectivity index (χ0) is 15.0. The van der Waals surface area contributed by atoms with Gasteiger partial charge in [0.25, 0.3) is 0 Å². The summed E-state index contributed by atoms with van der Waals surface area (Å²) in [6.07, 6.45) is -4.51. The monoisotopic (exact) mass is 286 g/mol. The molecule has 0 N–H and O–H groups in total. The van der Waals surface area contributed by atoms with Crippen molar-refractivity contribution in [3.8, 4) is 17.3 Å². The Labute approximate surface area is 118 Å². The molecule has 0 spiro atoms. The highest BCUT2D eigenvalue weighted by molar-refractivity contribution is 5.87. The molecule has 1 heterocycles. The van der Waals surface area contributed by atoms with Crippen molar-refractivity contribution < 1.29 is 13.2 Å². The lowest BCUT2D eigenvalue weighted by Crippen LogP contribution is -2.17. The van der Waals surface area contributed by atoms with E-state index in [0.717, 1.165) is 0 Å². The molecule has 1 aromatic heterocycles. The van der Waals surface area contributed by atoms with Crippen molar-refractivity contribution in [1.29, 1.82) is 5.26 Å². The van der Waals surface area contributed by atoms with E-state index in [-0.39, 0.29) is 11.2 Å². The van der Waals surface area contributed by atoms with Crippen LogP contribution in [-0.2, 0) is 6.30 Å². The van der Waals surface area contributed by atoms with Gasteiger partial charge in [0.2, 0.25) is 0 Å². The fourth-order valence-electron chi connectivity index (χ4n) is 2.36. The second-order valence-corrected chi connectivity index (χ2v) is 4.58. The van der Waals surface area contributed by atoms with Gasteiger partial charge in [-0.2, -0.15) is 5.26 Å². The number of hydrogen-bond donors (Lipinski definition) is 0.